The molecule has 0 radical (unpaired) electrons. The summed E-state index contributed by atoms with van der Waals surface area (Å²) in [6.45, 7) is 0. The fraction of sp³-hybridized carbons (Fsp3) is 0.303. The summed E-state index contributed by atoms with van der Waals surface area (Å²) in [4.78, 5) is 14.7. The summed E-state index contributed by atoms with van der Waals surface area (Å²) >= 11 is 1.70. The van der Waals surface area contributed by atoms with Crippen molar-refractivity contribution < 1.29 is 4.74 Å². The number of rotatable bonds is 6. The van der Waals surface area contributed by atoms with Crippen LogP contribution < -0.4 is 10.3 Å². The lowest BCUT2D eigenvalue weighted by Crippen LogP contribution is -2.43. The zero-order chi connectivity index (χ0) is 27.1. The first-order valence-electron chi connectivity index (χ1n) is 14.1. The number of thioether (sulfide) groups is 1. The largest absolute Gasteiger partial charge is 0.497 e. The van der Waals surface area contributed by atoms with Gasteiger partial charge in [0.25, 0.3) is 5.56 Å². The second-order valence-corrected chi connectivity index (χ2v) is 12.0. The zero-order valence-electron chi connectivity index (χ0n) is 22.7. The normalized spacial score (nSPS) is 15.6. The topological polar surface area (TPSA) is 61.4 Å². The molecule has 2 aliphatic carbocycles. The van der Waals surface area contributed by atoms with Crippen LogP contribution in [0.15, 0.2) is 88.8 Å². The third-order valence-corrected chi connectivity index (χ3v) is 9.56. The van der Waals surface area contributed by atoms with Crippen molar-refractivity contribution in [1.29, 1.82) is 0 Å². The van der Waals surface area contributed by atoms with Gasteiger partial charge >= 0.3 is 0 Å². The van der Waals surface area contributed by atoms with Gasteiger partial charge in [0.05, 0.1) is 18.5 Å². The summed E-state index contributed by atoms with van der Waals surface area (Å²) in [6, 6.07) is 26.8. The van der Waals surface area contributed by atoms with E-state index in [1.165, 1.54) is 17.5 Å². The van der Waals surface area contributed by atoms with Crippen LogP contribution in [0.4, 0.5) is 0 Å². The number of fused-ring (bicyclic) bond motifs is 6. The fourth-order valence-electron chi connectivity index (χ4n) is 6.73. The second-order valence-electron chi connectivity index (χ2n) is 10.9. The highest BCUT2D eigenvalue weighted by molar-refractivity contribution is 7.99. The number of nitrogens with zero attached hydrogens (tertiary/aromatic N) is 4. The first-order valence-corrected chi connectivity index (χ1v) is 15.1. The maximum absolute atomic E-state index is 14.7. The van der Waals surface area contributed by atoms with Gasteiger partial charge in [-0.3, -0.25) is 9.20 Å². The van der Waals surface area contributed by atoms with Crippen molar-refractivity contribution in [3.63, 3.8) is 0 Å². The lowest BCUT2D eigenvalue weighted by atomic mass is 9.62. The summed E-state index contributed by atoms with van der Waals surface area (Å²) in [5.41, 5.74) is 6.27. The molecule has 0 atom stereocenters. The third kappa shape index (κ3) is 4.15. The maximum Gasteiger partial charge on any atom is 0.263 e. The van der Waals surface area contributed by atoms with E-state index in [9.17, 15) is 4.79 Å². The highest BCUT2D eigenvalue weighted by Crippen LogP contribution is 2.49. The standard InChI is InChI=1S/C33H32N4O2S/c1-39-26-16-14-25(15-17-26)36-30(38)28-29(27-13-7-6-12-24(27)22-33(28)19-8-3-9-20-33)37-31(36)34-35-32(37)40-21-18-23-10-4-2-5-11-23/h2,4-7,10-17H,3,8-9,18-22H2,1H3. The molecule has 7 heteroatoms. The van der Waals surface area contributed by atoms with Crippen molar-refractivity contribution in [2.45, 2.75) is 55.5 Å². The van der Waals surface area contributed by atoms with Gasteiger partial charge in [0.2, 0.25) is 5.78 Å². The van der Waals surface area contributed by atoms with Crippen molar-refractivity contribution in [1.82, 2.24) is 19.2 Å². The Labute approximate surface area is 238 Å². The van der Waals surface area contributed by atoms with Gasteiger partial charge in [0.1, 0.15) is 5.75 Å². The van der Waals surface area contributed by atoms with Crippen LogP contribution in [-0.2, 0) is 18.3 Å². The molecule has 0 amide bonds. The van der Waals surface area contributed by atoms with Crippen LogP contribution >= 0.6 is 11.8 Å². The average molecular weight is 549 g/mol. The molecule has 40 heavy (non-hydrogen) atoms. The molecule has 0 unspecified atom stereocenters. The summed E-state index contributed by atoms with van der Waals surface area (Å²) in [7, 11) is 1.65. The third-order valence-electron chi connectivity index (χ3n) is 8.63. The Morgan fingerprint density at radius 2 is 1.65 bits per heavy atom. The average Bonchev–Trinajstić information content (AvgIpc) is 3.41. The highest BCUT2D eigenvalue weighted by Gasteiger charge is 2.44. The fourth-order valence-corrected chi connectivity index (χ4v) is 7.65. The lowest BCUT2D eigenvalue weighted by Gasteiger charge is -2.42. The molecule has 0 aliphatic heterocycles. The number of hydrogen-bond donors (Lipinski definition) is 0. The molecule has 3 aromatic carbocycles. The Morgan fingerprint density at radius 3 is 2.42 bits per heavy atom. The van der Waals surface area contributed by atoms with Crippen LogP contribution in [0.3, 0.4) is 0 Å². The molecule has 1 spiro atoms. The summed E-state index contributed by atoms with van der Waals surface area (Å²) in [6.07, 6.45) is 7.39. The Kier molecular flexibility index (Phi) is 6.47. The first-order chi connectivity index (χ1) is 19.7. The van der Waals surface area contributed by atoms with E-state index in [0.29, 0.717) is 5.78 Å². The molecule has 7 rings (SSSR count). The summed E-state index contributed by atoms with van der Waals surface area (Å²) in [5, 5.41) is 10.2. The second kappa shape index (κ2) is 10.3. The minimum Gasteiger partial charge on any atom is -0.497 e. The molecule has 0 N–H and O–H groups in total. The van der Waals surface area contributed by atoms with Crippen LogP contribution in [0.1, 0.15) is 48.8 Å². The SMILES string of the molecule is COc1ccc(-n2c(=O)c3c(n4c(SCCc5ccccc5)nnc24)-c2ccccc2CC32CCCCC2)cc1. The minimum atomic E-state index is -0.183. The summed E-state index contributed by atoms with van der Waals surface area (Å²) in [5.74, 6) is 2.18. The zero-order valence-corrected chi connectivity index (χ0v) is 23.5. The molecule has 2 heterocycles. The lowest BCUT2D eigenvalue weighted by molar-refractivity contribution is 0.284. The van der Waals surface area contributed by atoms with Crippen molar-refractivity contribution in [2.24, 2.45) is 0 Å². The number of aryl methyl sites for hydroxylation is 1. The molecule has 0 saturated heterocycles. The molecule has 6 nitrogen and oxygen atoms in total. The molecule has 1 fully saturated rings. The molecule has 2 aliphatic rings. The molecule has 202 valence electrons. The number of benzene rings is 3. The van der Waals surface area contributed by atoms with E-state index in [-0.39, 0.29) is 11.0 Å². The van der Waals surface area contributed by atoms with E-state index in [1.54, 1.807) is 23.4 Å². The van der Waals surface area contributed by atoms with Gasteiger partial charge < -0.3 is 4.74 Å². The molecular formula is C33H32N4O2S. The van der Waals surface area contributed by atoms with Gasteiger partial charge in [0.15, 0.2) is 5.16 Å². The van der Waals surface area contributed by atoms with Crippen LogP contribution in [-0.4, -0.2) is 32.0 Å². The van der Waals surface area contributed by atoms with Crippen molar-refractivity contribution >= 4 is 17.5 Å². The van der Waals surface area contributed by atoms with E-state index in [1.807, 2.05) is 30.3 Å². The van der Waals surface area contributed by atoms with Crippen LogP contribution in [0.25, 0.3) is 22.7 Å². The smallest absolute Gasteiger partial charge is 0.263 e. The van der Waals surface area contributed by atoms with Crippen molar-refractivity contribution in [2.75, 3.05) is 12.9 Å². The number of hydrogen-bond acceptors (Lipinski definition) is 5. The summed E-state index contributed by atoms with van der Waals surface area (Å²) < 4.78 is 9.35. The number of methoxy groups -OCH3 is 1. The van der Waals surface area contributed by atoms with Gasteiger partial charge in [-0.25, -0.2) is 4.57 Å². The Bertz CT molecular complexity index is 1730. The van der Waals surface area contributed by atoms with E-state index in [2.05, 4.69) is 58.0 Å². The number of aromatic nitrogens is 4. The minimum absolute atomic E-state index is 0.0253. The number of ether oxygens (including phenoxy) is 1. The van der Waals surface area contributed by atoms with E-state index >= 15 is 0 Å². The molecule has 0 bridgehead atoms. The monoisotopic (exact) mass is 548 g/mol. The maximum atomic E-state index is 14.7. The quantitative estimate of drug-likeness (QED) is 0.222. The molecule has 2 aromatic heterocycles. The van der Waals surface area contributed by atoms with Crippen LogP contribution in [0, 0.1) is 0 Å². The molecule has 1 saturated carbocycles. The van der Waals surface area contributed by atoms with Gasteiger partial charge in [0, 0.05) is 22.3 Å². The predicted octanol–water partition coefficient (Wildman–Crippen LogP) is 6.65. The van der Waals surface area contributed by atoms with Crippen LogP contribution in [0.2, 0.25) is 0 Å². The van der Waals surface area contributed by atoms with Gasteiger partial charge in [-0.15, -0.1) is 10.2 Å². The molecular weight excluding hydrogens is 516 g/mol. The Morgan fingerprint density at radius 1 is 0.900 bits per heavy atom. The Balaban J connectivity index is 1.48. The van der Waals surface area contributed by atoms with Gasteiger partial charge in [-0.05, 0) is 61.1 Å². The van der Waals surface area contributed by atoms with Gasteiger partial charge in [-0.1, -0.05) is 85.6 Å². The van der Waals surface area contributed by atoms with Crippen LogP contribution in [0.5, 0.6) is 5.75 Å². The highest BCUT2D eigenvalue weighted by atomic mass is 32.2. The Hall–Kier alpha value is -3.84. The van der Waals surface area contributed by atoms with Crippen molar-refractivity contribution in [3.05, 3.63) is 106 Å². The van der Waals surface area contributed by atoms with Crippen molar-refractivity contribution in [3.8, 4) is 22.7 Å². The van der Waals surface area contributed by atoms with E-state index < -0.39 is 0 Å². The first kappa shape index (κ1) is 25.1. The van der Waals surface area contributed by atoms with Gasteiger partial charge in [-0.2, -0.15) is 0 Å². The van der Waals surface area contributed by atoms with E-state index in [4.69, 9.17) is 9.84 Å². The van der Waals surface area contributed by atoms with E-state index in [0.717, 1.165) is 77.7 Å². The molecule has 5 aromatic rings. The predicted molar refractivity (Wildman–Crippen MR) is 160 cm³/mol.